The predicted octanol–water partition coefficient (Wildman–Crippen LogP) is 2.58. The summed E-state index contributed by atoms with van der Waals surface area (Å²) in [7, 11) is 0. The van der Waals surface area contributed by atoms with Crippen molar-refractivity contribution in [3.05, 3.63) is 47.3 Å². The predicted molar refractivity (Wildman–Crippen MR) is 101 cm³/mol. The van der Waals surface area contributed by atoms with Crippen LogP contribution >= 0.6 is 0 Å². The van der Waals surface area contributed by atoms with Crippen molar-refractivity contribution in [3.63, 3.8) is 0 Å². The van der Waals surface area contributed by atoms with Crippen LogP contribution in [0.3, 0.4) is 0 Å². The maximum atomic E-state index is 4.88. The molecule has 6 heteroatoms. The molecule has 0 bridgehead atoms. The zero-order chi connectivity index (χ0) is 17.6. The first-order valence-corrected chi connectivity index (χ1v) is 8.92. The van der Waals surface area contributed by atoms with E-state index in [1.54, 1.807) is 6.26 Å². The first kappa shape index (κ1) is 17.3. The Labute approximate surface area is 149 Å². The van der Waals surface area contributed by atoms with Crippen molar-refractivity contribution >= 4 is 11.6 Å². The van der Waals surface area contributed by atoms with E-state index in [4.69, 9.17) is 9.52 Å². The first-order valence-electron chi connectivity index (χ1n) is 8.92. The van der Waals surface area contributed by atoms with Crippen molar-refractivity contribution < 1.29 is 4.52 Å². The summed E-state index contributed by atoms with van der Waals surface area (Å²) in [4.78, 5) is 9.50. The highest BCUT2D eigenvalue weighted by Crippen LogP contribution is 2.23. The minimum absolute atomic E-state index is 0.538. The van der Waals surface area contributed by atoms with Gasteiger partial charge in [-0.1, -0.05) is 17.3 Å². The van der Waals surface area contributed by atoms with Crippen LogP contribution in [0, 0.1) is 13.8 Å². The lowest BCUT2D eigenvalue weighted by molar-refractivity contribution is 0.371. The van der Waals surface area contributed by atoms with Crippen molar-refractivity contribution in [2.24, 2.45) is 4.99 Å². The van der Waals surface area contributed by atoms with Gasteiger partial charge in [0.15, 0.2) is 5.96 Å². The molecule has 0 saturated carbocycles. The number of hydrogen-bond donors (Lipinski definition) is 1. The van der Waals surface area contributed by atoms with Crippen molar-refractivity contribution in [1.82, 2.24) is 15.4 Å². The number of piperazine rings is 1. The Morgan fingerprint density at radius 2 is 2.00 bits per heavy atom. The fourth-order valence-electron chi connectivity index (χ4n) is 3.14. The van der Waals surface area contributed by atoms with E-state index in [0.717, 1.165) is 44.4 Å². The average molecular weight is 341 g/mol. The van der Waals surface area contributed by atoms with E-state index in [0.29, 0.717) is 6.54 Å². The van der Waals surface area contributed by atoms with Gasteiger partial charge >= 0.3 is 0 Å². The molecule has 0 atom stereocenters. The lowest BCUT2D eigenvalue weighted by Crippen LogP contribution is -2.52. The number of hydrogen-bond acceptors (Lipinski definition) is 4. The Balaban J connectivity index is 1.64. The monoisotopic (exact) mass is 341 g/mol. The van der Waals surface area contributed by atoms with Crippen LogP contribution in [0.25, 0.3) is 0 Å². The first-order chi connectivity index (χ1) is 12.2. The summed E-state index contributed by atoms with van der Waals surface area (Å²) in [6, 6.07) is 8.40. The van der Waals surface area contributed by atoms with Crippen molar-refractivity contribution in [2.45, 2.75) is 27.3 Å². The fourth-order valence-corrected chi connectivity index (χ4v) is 3.14. The summed E-state index contributed by atoms with van der Waals surface area (Å²) in [5.41, 5.74) is 4.93. The van der Waals surface area contributed by atoms with E-state index in [2.05, 4.69) is 59.2 Å². The van der Waals surface area contributed by atoms with Gasteiger partial charge in [0.1, 0.15) is 12.0 Å². The molecule has 3 rings (SSSR count). The molecule has 25 heavy (non-hydrogen) atoms. The molecule has 1 N–H and O–H groups in total. The zero-order valence-corrected chi connectivity index (χ0v) is 15.3. The number of benzene rings is 1. The molecule has 2 aromatic rings. The zero-order valence-electron chi connectivity index (χ0n) is 15.3. The second-order valence-electron chi connectivity index (χ2n) is 6.35. The smallest absolute Gasteiger partial charge is 0.194 e. The molecule has 1 saturated heterocycles. The van der Waals surface area contributed by atoms with Gasteiger partial charge < -0.3 is 19.6 Å². The molecule has 1 aromatic carbocycles. The van der Waals surface area contributed by atoms with Gasteiger partial charge in [0.05, 0.1) is 6.54 Å². The fraction of sp³-hybridized carbons (Fsp3) is 0.474. The maximum absolute atomic E-state index is 4.88. The third-order valence-corrected chi connectivity index (χ3v) is 4.71. The van der Waals surface area contributed by atoms with Crippen LogP contribution in [-0.2, 0) is 6.54 Å². The number of aryl methyl sites for hydroxylation is 1. The second kappa shape index (κ2) is 8.05. The Bertz CT molecular complexity index is 703. The molecule has 0 radical (unpaired) electrons. The molecule has 2 heterocycles. The topological polar surface area (TPSA) is 56.9 Å². The third-order valence-electron chi connectivity index (χ3n) is 4.71. The van der Waals surface area contributed by atoms with Crippen LogP contribution in [0.1, 0.15) is 23.7 Å². The SMILES string of the molecule is CCNC(=NCc1ccon1)N1CCN(c2cccc(C)c2C)CC1. The highest BCUT2D eigenvalue weighted by molar-refractivity contribution is 5.80. The van der Waals surface area contributed by atoms with E-state index in [1.165, 1.54) is 16.8 Å². The number of guanidine groups is 1. The van der Waals surface area contributed by atoms with Gasteiger partial charge in [0.25, 0.3) is 0 Å². The Morgan fingerprint density at radius 1 is 1.20 bits per heavy atom. The summed E-state index contributed by atoms with van der Waals surface area (Å²) < 4.78 is 4.88. The van der Waals surface area contributed by atoms with E-state index in [1.807, 2.05) is 6.07 Å². The van der Waals surface area contributed by atoms with E-state index in [9.17, 15) is 0 Å². The summed E-state index contributed by atoms with van der Waals surface area (Å²) in [6.45, 7) is 11.8. The summed E-state index contributed by atoms with van der Waals surface area (Å²) in [5.74, 6) is 0.950. The maximum Gasteiger partial charge on any atom is 0.194 e. The quantitative estimate of drug-likeness (QED) is 0.684. The minimum atomic E-state index is 0.538. The molecule has 1 fully saturated rings. The summed E-state index contributed by atoms with van der Waals surface area (Å²) >= 11 is 0. The van der Waals surface area contributed by atoms with Gasteiger partial charge in [-0.3, -0.25) is 0 Å². The molecule has 0 unspecified atom stereocenters. The van der Waals surface area contributed by atoms with Crippen LogP contribution in [0.2, 0.25) is 0 Å². The molecular weight excluding hydrogens is 314 g/mol. The summed E-state index contributed by atoms with van der Waals surface area (Å²) in [5, 5.41) is 7.32. The molecular formula is C19H27N5O. The third kappa shape index (κ3) is 4.13. The number of aliphatic imine (C=N–C) groups is 1. The van der Waals surface area contributed by atoms with E-state index in [-0.39, 0.29) is 0 Å². The van der Waals surface area contributed by atoms with Crippen LogP contribution in [0.15, 0.2) is 40.0 Å². The standard InChI is InChI=1S/C19H27N5O/c1-4-20-19(21-14-17-8-13-25-22-17)24-11-9-23(10-12-24)18-7-5-6-15(2)16(18)3/h5-8,13H,4,9-12,14H2,1-3H3,(H,20,21). The van der Waals surface area contributed by atoms with Crippen molar-refractivity contribution in [3.8, 4) is 0 Å². The van der Waals surface area contributed by atoms with Crippen molar-refractivity contribution in [1.29, 1.82) is 0 Å². The highest BCUT2D eigenvalue weighted by atomic mass is 16.5. The van der Waals surface area contributed by atoms with Crippen LogP contribution in [0.4, 0.5) is 5.69 Å². The van der Waals surface area contributed by atoms with Gasteiger partial charge in [0.2, 0.25) is 0 Å². The minimum Gasteiger partial charge on any atom is -0.368 e. The average Bonchev–Trinajstić information content (AvgIpc) is 3.15. The summed E-state index contributed by atoms with van der Waals surface area (Å²) in [6.07, 6.45) is 1.58. The Hall–Kier alpha value is -2.50. The second-order valence-corrected chi connectivity index (χ2v) is 6.35. The molecule has 0 amide bonds. The number of nitrogens with zero attached hydrogens (tertiary/aromatic N) is 4. The molecule has 0 spiro atoms. The van der Waals surface area contributed by atoms with E-state index < -0.39 is 0 Å². The molecule has 0 aliphatic carbocycles. The van der Waals surface area contributed by atoms with Crippen molar-refractivity contribution in [2.75, 3.05) is 37.6 Å². The highest BCUT2D eigenvalue weighted by Gasteiger charge is 2.21. The number of nitrogens with one attached hydrogen (secondary N) is 1. The number of rotatable bonds is 4. The lowest BCUT2D eigenvalue weighted by atomic mass is 10.1. The van der Waals surface area contributed by atoms with Gasteiger partial charge in [0, 0.05) is 44.5 Å². The number of anilines is 1. The molecule has 1 aliphatic rings. The van der Waals surface area contributed by atoms with Crippen LogP contribution in [0.5, 0.6) is 0 Å². The molecule has 134 valence electrons. The van der Waals surface area contributed by atoms with Gasteiger partial charge in [-0.25, -0.2) is 4.99 Å². The van der Waals surface area contributed by atoms with E-state index >= 15 is 0 Å². The largest absolute Gasteiger partial charge is 0.368 e. The van der Waals surface area contributed by atoms with Crippen LogP contribution < -0.4 is 10.2 Å². The molecule has 1 aromatic heterocycles. The number of aromatic nitrogens is 1. The molecule has 6 nitrogen and oxygen atoms in total. The molecule has 1 aliphatic heterocycles. The van der Waals surface area contributed by atoms with Gasteiger partial charge in [-0.15, -0.1) is 0 Å². The Morgan fingerprint density at radius 3 is 2.68 bits per heavy atom. The lowest BCUT2D eigenvalue weighted by Gasteiger charge is -2.38. The van der Waals surface area contributed by atoms with Gasteiger partial charge in [-0.2, -0.15) is 0 Å². The Kier molecular flexibility index (Phi) is 5.58. The van der Waals surface area contributed by atoms with Gasteiger partial charge in [-0.05, 0) is 38.0 Å². The normalized spacial score (nSPS) is 15.6. The van der Waals surface area contributed by atoms with Crippen LogP contribution in [-0.4, -0.2) is 48.7 Å².